The molecule has 0 spiro atoms. The lowest BCUT2D eigenvalue weighted by Crippen LogP contribution is -2.44. The fourth-order valence-corrected chi connectivity index (χ4v) is 3.71. The van der Waals surface area contributed by atoms with Crippen molar-refractivity contribution in [3.8, 4) is 0 Å². The summed E-state index contributed by atoms with van der Waals surface area (Å²) in [6.07, 6.45) is 4.32. The van der Waals surface area contributed by atoms with Crippen molar-refractivity contribution in [1.29, 1.82) is 0 Å². The predicted molar refractivity (Wildman–Crippen MR) is 93.7 cm³/mol. The molecule has 0 radical (unpaired) electrons. The highest BCUT2D eigenvalue weighted by Gasteiger charge is 2.25. The van der Waals surface area contributed by atoms with E-state index in [2.05, 4.69) is 39.5 Å². The van der Waals surface area contributed by atoms with Crippen LogP contribution in [0.5, 0.6) is 0 Å². The van der Waals surface area contributed by atoms with Crippen molar-refractivity contribution >= 4 is 5.78 Å². The third-order valence-electron chi connectivity index (χ3n) is 5.28. The van der Waals surface area contributed by atoms with Crippen molar-refractivity contribution in [2.24, 2.45) is 0 Å². The second-order valence-electron chi connectivity index (χ2n) is 7.01. The summed E-state index contributed by atoms with van der Waals surface area (Å²) in [5, 5.41) is 7.46. The molecule has 2 aliphatic rings. The van der Waals surface area contributed by atoms with Gasteiger partial charge in [0.05, 0.1) is 6.04 Å². The zero-order valence-electron chi connectivity index (χ0n) is 14.6. The van der Waals surface area contributed by atoms with Gasteiger partial charge in [-0.15, -0.1) is 0 Å². The molecular formula is C19H24N4O2. The minimum Gasteiger partial charge on any atom is -0.339 e. The molecule has 6 nitrogen and oxygen atoms in total. The van der Waals surface area contributed by atoms with Crippen molar-refractivity contribution < 1.29 is 9.32 Å². The first-order valence-corrected chi connectivity index (χ1v) is 9.09. The van der Waals surface area contributed by atoms with Crippen LogP contribution < -0.4 is 5.32 Å². The van der Waals surface area contributed by atoms with E-state index in [0.29, 0.717) is 24.6 Å². The summed E-state index contributed by atoms with van der Waals surface area (Å²) >= 11 is 0. The van der Waals surface area contributed by atoms with Gasteiger partial charge in [0.25, 0.3) is 0 Å². The molecule has 1 N–H and O–H groups in total. The molecule has 0 bridgehead atoms. The normalized spacial score (nSPS) is 20.6. The second kappa shape index (κ2) is 7.06. The molecule has 1 aromatic carbocycles. The van der Waals surface area contributed by atoms with E-state index < -0.39 is 0 Å². The number of carbonyl (C=O) groups excluding carboxylic acids is 1. The van der Waals surface area contributed by atoms with E-state index in [1.165, 1.54) is 17.5 Å². The number of nitrogens with one attached hydrogen (secondary N) is 1. The summed E-state index contributed by atoms with van der Waals surface area (Å²) in [7, 11) is 2.07. The fraction of sp³-hybridized carbons (Fsp3) is 0.526. The van der Waals surface area contributed by atoms with Crippen molar-refractivity contribution in [2.45, 2.75) is 38.1 Å². The second-order valence-corrected chi connectivity index (χ2v) is 7.01. The van der Waals surface area contributed by atoms with E-state index in [-0.39, 0.29) is 11.8 Å². The minimum atomic E-state index is 0.138. The topological polar surface area (TPSA) is 71.3 Å². The number of fused-ring (bicyclic) bond motifs is 1. The number of aromatic nitrogens is 2. The molecule has 1 unspecified atom stereocenters. The van der Waals surface area contributed by atoms with Gasteiger partial charge in [-0.25, -0.2) is 0 Å². The average Bonchev–Trinajstić information content (AvgIpc) is 3.28. The van der Waals surface area contributed by atoms with Gasteiger partial charge in [0, 0.05) is 38.0 Å². The van der Waals surface area contributed by atoms with Crippen LogP contribution in [0.1, 0.15) is 52.1 Å². The Morgan fingerprint density at radius 1 is 1.36 bits per heavy atom. The molecule has 4 rings (SSSR count). The largest absolute Gasteiger partial charge is 0.339 e. The fourth-order valence-electron chi connectivity index (χ4n) is 3.71. The summed E-state index contributed by atoms with van der Waals surface area (Å²) in [5.74, 6) is 1.39. The molecule has 0 amide bonds. The summed E-state index contributed by atoms with van der Waals surface area (Å²) in [5.41, 5.74) is 3.53. The summed E-state index contributed by atoms with van der Waals surface area (Å²) < 4.78 is 5.36. The monoisotopic (exact) mass is 340 g/mol. The standard InChI is InChI=1S/C19H24N4O2/c1-23-10-9-20-12-16(23)19-21-18(25-22-19)8-7-17(24)15-6-5-13-3-2-4-14(13)11-15/h5-6,11,16,20H,2-4,7-10,12H2,1H3. The third kappa shape index (κ3) is 3.50. The van der Waals surface area contributed by atoms with Crippen molar-refractivity contribution in [3.05, 3.63) is 46.6 Å². The maximum Gasteiger partial charge on any atom is 0.227 e. The summed E-state index contributed by atoms with van der Waals surface area (Å²) in [6, 6.07) is 6.26. The van der Waals surface area contributed by atoms with Gasteiger partial charge >= 0.3 is 0 Å². The van der Waals surface area contributed by atoms with E-state index in [1.807, 2.05) is 6.07 Å². The van der Waals surface area contributed by atoms with Gasteiger partial charge in [-0.05, 0) is 43.5 Å². The van der Waals surface area contributed by atoms with Crippen molar-refractivity contribution in [1.82, 2.24) is 20.4 Å². The van der Waals surface area contributed by atoms with Crippen LogP contribution in [0.4, 0.5) is 0 Å². The third-order valence-corrected chi connectivity index (χ3v) is 5.28. The Morgan fingerprint density at radius 2 is 2.24 bits per heavy atom. The SMILES string of the molecule is CN1CCNCC1c1noc(CCC(=O)c2ccc3c(c2)CCC3)n1. The molecule has 2 heterocycles. The molecule has 0 saturated carbocycles. The van der Waals surface area contributed by atoms with Gasteiger partial charge in [-0.3, -0.25) is 9.69 Å². The van der Waals surface area contributed by atoms with E-state index in [9.17, 15) is 4.79 Å². The van der Waals surface area contributed by atoms with Gasteiger partial charge in [-0.1, -0.05) is 17.3 Å². The molecule has 1 aromatic heterocycles. The molecule has 25 heavy (non-hydrogen) atoms. The summed E-state index contributed by atoms with van der Waals surface area (Å²) in [6.45, 7) is 2.77. The molecule has 1 atom stereocenters. The van der Waals surface area contributed by atoms with Crippen molar-refractivity contribution in [3.63, 3.8) is 0 Å². The first kappa shape index (κ1) is 16.4. The van der Waals surface area contributed by atoms with Crippen LogP contribution in [-0.2, 0) is 19.3 Å². The Hall–Kier alpha value is -2.05. The molecule has 1 aliphatic heterocycles. The first-order chi connectivity index (χ1) is 12.2. The Bertz CT molecular complexity index is 771. The maximum absolute atomic E-state index is 12.5. The minimum absolute atomic E-state index is 0.138. The molecule has 2 aromatic rings. The number of hydrogen-bond acceptors (Lipinski definition) is 6. The van der Waals surface area contributed by atoms with Crippen LogP contribution >= 0.6 is 0 Å². The number of Topliss-reactive ketones (excluding diaryl/α,β-unsaturated/α-hetero) is 1. The Morgan fingerprint density at radius 3 is 3.12 bits per heavy atom. The van der Waals surface area contributed by atoms with E-state index >= 15 is 0 Å². The Kier molecular flexibility index (Phi) is 4.63. The van der Waals surface area contributed by atoms with Crippen molar-refractivity contribution in [2.75, 3.05) is 26.7 Å². The maximum atomic E-state index is 12.5. The number of likely N-dealkylation sites (N-methyl/N-ethyl adjacent to an activating group) is 1. The van der Waals surface area contributed by atoms with Crippen LogP contribution in [0.25, 0.3) is 0 Å². The number of rotatable bonds is 5. The zero-order chi connectivity index (χ0) is 17.2. The molecule has 132 valence electrons. The van der Waals surface area contributed by atoms with Crippen LogP contribution in [0, 0.1) is 0 Å². The highest BCUT2D eigenvalue weighted by atomic mass is 16.5. The number of aryl methyl sites for hydroxylation is 3. The van der Waals surface area contributed by atoms with E-state index in [0.717, 1.165) is 38.0 Å². The predicted octanol–water partition coefficient (Wildman–Crippen LogP) is 1.95. The smallest absolute Gasteiger partial charge is 0.227 e. The zero-order valence-corrected chi connectivity index (χ0v) is 14.6. The van der Waals surface area contributed by atoms with Crippen LogP contribution in [0.2, 0.25) is 0 Å². The highest BCUT2D eigenvalue weighted by molar-refractivity contribution is 5.96. The Balaban J connectivity index is 1.37. The first-order valence-electron chi connectivity index (χ1n) is 9.09. The van der Waals surface area contributed by atoms with Gasteiger partial charge in [0.1, 0.15) is 0 Å². The average molecular weight is 340 g/mol. The quantitative estimate of drug-likeness (QED) is 0.839. The Labute approximate surface area is 147 Å². The highest BCUT2D eigenvalue weighted by Crippen LogP contribution is 2.24. The number of hydrogen-bond donors (Lipinski definition) is 1. The molecule has 1 saturated heterocycles. The van der Waals surface area contributed by atoms with E-state index in [1.54, 1.807) is 0 Å². The number of ketones is 1. The molecule has 6 heteroatoms. The van der Waals surface area contributed by atoms with Crippen LogP contribution in [0.3, 0.4) is 0 Å². The van der Waals surface area contributed by atoms with Gasteiger partial charge in [0.15, 0.2) is 11.6 Å². The molecular weight excluding hydrogens is 316 g/mol. The van der Waals surface area contributed by atoms with Gasteiger partial charge in [-0.2, -0.15) is 4.98 Å². The lowest BCUT2D eigenvalue weighted by atomic mass is 10.0. The summed E-state index contributed by atoms with van der Waals surface area (Å²) in [4.78, 5) is 19.2. The van der Waals surface area contributed by atoms with Crippen LogP contribution in [-0.4, -0.2) is 47.5 Å². The number of piperazine rings is 1. The molecule has 1 fully saturated rings. The van der Waals surface area contributed by atoms with Gasteiger partial charge < -0.3 is 9.84 Å². The van der Waals surface area contributed by atoms with Crippen LogP contribution in [0.15, 0.2) is 22.7 Å². The number of carbonyl (C=O) groups is 1. The number of benzene rings is 1. The van der Waals surface area contributed by atoms with Gasteiger partial charge in [0.2, 0.25) is 5.89 Å². The lowest BCUT2D eigenvalue weighted by molar-refractivity contribution is 0.0979. The molecule has 1 aliphatic carbocycles. The lowest BCUT2D eigenvalue weighted by Gasteiger charge is -2.30. The number of nitrogens with zero attached hydrogens (tertiary/aromatic N) is 3. The van der Waals surface area contributed by atoms with E-state index in [4.69, 9.17) is 4.52 Å².